The van der Waals surface area contributed by atoms with Gasteiger partial charge in [0.25, 0.3) is 11.5 Å². The van der Waals surface area contributed by atoms with E-state index in [2.05, 4.69) is 31.3 Å². The van der Waals surface area contributed by atoms with Gasteiger partial charge in [-0.25, -0.2) is 4.79 Å². The van der Waals surface area contributed by atoms with E-state index in [1.165, 1.54) is 6.21 Å². The van der Waals surface area contributed by atoms with Crippen molar-refractivity contribution in [3.8, 4) is 11.5 Å². The maximum atomic E-state index is 12.7. The Morgan fingerprint density at radius 3 is 2.58 bits per heavy atom. The molecule has 0 aliphatic carbocycles. The molecule has 0 spiro atoms. The van der Waals surface area contributed by atoms with E-state index in [1.807, 2.05) is 0 Å². The zero-order valence-corrected chi connectivity index (χ0v) is 21.3. The minimum atomic E-state index is -0.664. The molecule has 11 heteroatoms. The van der Waals surface area contributed by atoms with E-state index in [4.69, 9.17) is 21.1 Å². The average Bonchev–Trinajstić information content (AvgIpc) is 2.86. The van der Waals surface area contributed by atoms with Gasteiger partial charge in [0.15, 0.2) is 18.1 Å². The number of H-pyrrole nitrogens is 1. The van der Waals surface area contributed by atoms with Crippen molar-refractivity contribution in [2.45, 2.75) is 6.92 Å². The summed E-state index contributed by atoms with van der Waals surface area (Å²) in [5.41, 5.74) is 0.335. The Morgan fingerprint density at radius 2 is 1.83 bits per heavy atom. The van der Waals surface area contributed by atoms with Gasteiger partial charge >= 0.3 is 5.69 Å². The molecule has 2 N–H and O–H groups in total. The van der Waals surface area contributed by atoms with Crippen LogP contribution >= 0.6 is 27.5 Å². The van der Waals surface area contributed by atoms with Crippen molar-refractivity contribution in [3.05, 3.63) is 96.6 Å². The van der Waals surface area contributed by atoms with Crippen LogP contribution in [0.25, 0.3) is 10.9 Å². The first-order valence-corrected chi connectivity index (χ1v) is 12.0. The highest BCUT2D eigenvalue weighted by Crippen LogP contribution is 2.33. The quantitative estimate of drug-likeness (QED) is 0.304. The zero-order chi connectivity index (χ0) is 25.7. The van der Waals surface area contributed by atoms with E-state index in [9.17, 15) is 14.4 Å². The number of nitrogens with zero attached hydrogens (tertiary/aromatic N) is 2. The van der Waals surface area contributed by atoms with Crippen molar-refractivity contribution >= 4 is 56.2 Å². The first-order valence-electron chi connectivity index (χ1n) is 10.8. The highest BCUT2D eigenvalue weighted by molar-refractivity contribution is 9.10. The van der Waals surface area contributed by atoms with Crippen molar-refractivity contribution in [1.82, 2.24) is 9.66 Å². The number of rotatable bonds is 8. The first kappa shape index (κ1) is 25.2. The lowest BCUT2D eigenvalue weighted by atomic mass is 10.2. The average molecular weight is 572 g/mol. The number of aromatic nitrogens is 2. The number of nitrogens with one attached hydrogen (secondary N) is 2. The van der Waals surface area contributed by atoms with Gasteiger partial charge in [-0.2, -0.15) is 5.10 Å². The van der Waals surface area contributed by atoms with E-state index >= 15 is 0 Å². The Balaban J connectivity index is 1.55. The van der Waals surface area contributed by atoms with Crippen LogP contribution < -0.4 is 26.0 Å². The molecule has 0 radical (unpaired) electrons. The zero-order valence-electron chi connectivity index (χ0n) is 19.0. The number of halogens is 2. The Kier molecular flexibility index (Phi) is 7.87. The van der Waals surface area contributed by atoms with Crippen LogP contribution in [0.15, 0.2) is 79.8 Å². The van der Waals surface area contributed by atoms with Crippen LogP contribution in [0.4, 0.5) is 5.69 Å². The van der Waals surface area contributed by atoms with E-state index < -0.39 is 11.2 Å². The van der Waals surface area contributed by atoms with Gasteiger partial charge in [-0.05, 0) is 71.4 Å². The van der Waals surface area contributed by atoms with Crippen molar-refractivity contribution in [2.75, 3.05) is 18.5 Å². The highest BCUT2D eigenvalue weighted by Gasteiger charge is 2.13. The molecule has 9 nitrogen and oxygen atoms in total. The van der Waals surface area contributed by atoms with Crippen molar-refractivity contribution in [3.63, 3.8) is 0 Å². The van der Waals surface area contributed by atoms with Gasteiger partial charge in [-0.15, -0.1) is 4.68 Å². The van der Waals surface area contributed by atoms with Crippen molar-refractivity contribution in [2.24, 2.45) is 5.10 Å². The van der Waals surface area contributed by atoms with E-state index in [-0.39, 0.29) is 12.5 Å². The molecule has 0 saturated heterocycles. The molecule has 0 fully saturated rings. The molecule has 36 heavy (non-hydrogen) atoms. The minimum absolute atomic E-state index is 0.259. The molecule has 0 saturated carbocycles. The number of benzene rings is 3. The summed E-state index contributed by atoms with van der Waals surface area (Å²) in [5, 5.41) is 7.70. The smallest absolute Gasteiger partial charge is 0.349 e. The summed E-state index contributed by atoms with van der Waals surface area (Å²) in [6.45, 7) is 1.89. The van der Waals surface area contributed by atoms with Crippen molar-refractivity contribution in [1.29, 1.82) is 0 Å². The fourth-order valence-electron chi connectivity index (χ4n) is 3.28. The topological polar surface area (TPSA) is 115 Å². The largest absolute Gasteiger partial charge is 0.490 e. The number of para-hydroxylation sites is 1. The second kappa shape index (κ2) is 11.2. The predicted octanol–water partition coefficient (Wildman–Crippen LogP) is 4.40. The molecular weight excluding hydrogens is 552 g/mol. The second-order valence-electron chi connectivity index (χ2n) is 7.43. The van der Waals surface area contributed by atoms with Crippen LogP contribution in [0, 0.1) is 0 Å². The van der Waals surface area contributed by atoms with E-state index in [1.54, 1.807) is 67.6 Å². The number of ether oxygens (including phenoxy) is 2. The number of amides is 1. The lowest BCUT2D eigenvalue weighted by Gasteiger charge is -2.14. The maximum Gasteiger partial charge on any atom is 0.349 e. The molecule has 0 aliphatic heterocycles. The van der Waals surface area contributed by atoms with E-state index in [0.29, 0.717) is 49.8 Å². The molecule has 4 aromatic rings. The van der Waals surface area contributed by atoms with Crippen LogP contribution in [0.1, 0.15) is 12.5 Å². The van der Waals surface area contributed by atoms with Gasteiger partial charge in [0.1, 0.15) is 0 Å². The molecule has 1 amide bonds. The molecule has 3 aromatic carbocycles. The molecule has 184 valence electrons. The summed E-state index contributed by atoms with van der Waals surface area (Å²) in [4.78, 5) is 40.0. The van der Waals surface area contributed by atoms with Crippen LogP contribution in [0.2, 0.25) is 5.02 Å². The van der Waals surface area contributed by atoms with Gasteiger partial charge < -0.3 is 19.8 Å². The van der Waals surface area contributed by atoms with Gasteiger partial charge in [-0.1, -0.05) is 23.7 Å². The number of aromatic amines is 1. The Labute approximate surface area is 218 Å². The van der Waals surface area contributed by atoms with E-state index in [0.717, 1.165) is 4.68 Å². The fraction of sp³-hybridized carbons (Fsp3) is 0.120. The molecule has 0 atom stereocenters. The predicted molar refractivity (Wildman–Crippen MR) is 143 cm³/mol. The van der Waals surface area contributed by atoms with Gasteiger partial charge in [-0.3, -0.25) is 9.59 Å². The highest BCUT2D eigenvalue weighted by atomic mass is 79.9. The summed E-state index contributed by atoms with van der Waals surface area (Å²) in [7, 11) is 0. The lowest BCUT2D eigenvalue weighted by molar-refractivity contribution is -0.118. The third kappa shape index (κ3) is 5.84. The SMILES string of the molecule is CCOc1cc(C=Nn2c(=O)[nH]c3ccccc3c2=O)c(Br)cc1OCC(=O)Nc1ccc(Cl)cc1. The number of fused-ring (bicyclic) bond motifs is 1. The molecule has 0 unspecified atom stereocenters. The number of hydrogen-bond acceptors (Lipinski definition) is 6. The molecular formula is C25H20BrClN4O5. The maximum absolute atomic E-state index is 12.7. The first-order chi connectivity index (χ1) is 17.4. The Bertz CT molecular complexity index is 1560. The third-order valence-electron chi connectivity index (χ3n) is 4.95. The standard InChI is InChI=1S/C25H20BrClN4O5/c1-2-35-21-11-15(13-28-31-24(33)18-5-3-4-6-20(18)30-25(31)34)19(26)12-22(21)36-14-23(32)29-17-9-7-16(27)8-10-17/h3-13H,2,14H2,1H3,(H,29,32)(H,30,34). The molecule has 1 heterocycles. The van der Waals surface area contributed by atoms with Crippen LogP contribution in [0.3, 0.4) is 0 Å². The summed E-state index contributed by atoms with van der Waals surface area (Å²) < 4.78 is 12.6. The summed E-state index contributed by atoms with van der Waals surface area (Å²) in [6, 6.07) is 16.6. The Morgan fingerprint density at radius 1 is 1.11 bits per heavy atom. The van der Waals surface area contributed by atoms with Crippen molar-refractivity contribution < 1.29 is 14.3 Å². The fourth-order valence-corrected chi connectivity index (χ4v) is 3.83. The summed E-state index contributed by atoms with van der Waals surface area (Å²) >= 11 is 9.30. The summed E-state index contributed by atoms with van der Waals surface area (Å²) in [6.07, 6.45) is 1.36. The van der Waals surface area contributed by atoms with Crippen LogP contribution in [0.5, 0.6) is 11.5 Å². The number of carbonyl (C=O) groups is 1. The third-order valence-corrected chi connectivity index (χ3v) is 5.88. The molecule has 1 aromatic heterocycles. The van der Waals surface area contributed by atoms with Crippen LogP contribution in [-0.4, -0.2) is 35.0 Å². The monoisotopic (exact) mass is 570 g/mol. The molecule has 4 rings (SSSR count). The normalized spacial score (nSPS) is 11.1. The minimum Gasteiger partial charge on any atom is -0.490 e. The van der Waals surface area contributed by atoms with Gasteiger partial charge in [0, 0.05) is 20.7 Å². The van der Waals surface area contributed by atoms with Gasteiger partial charge in [0.05, 0.1) is 23.7 Å². The van der Waals surface area contributed by atoms with Crippen LogP contribution in [-0.2, 0) is 4.79 Å². The second-order valence-corrected chi connectivity index (χ2v) is 8.73. The number of carbonyl (C=O) groups excluding carboxylic acids is 1. The number of anilines is 1. The molecule has 0 aliphatic rings. The molecule has 0 bridgehead atoms. The lowest BCUT2D eigenvalue weighted by Crippen LogP contribution is -2.32. The summed E-state index contributed by atoms with van der Waals surface area (Å²) in [5.74, 6) is 0.325. The Hall–Kier alpha value is -3.89. The van der Waals surface area contributed by atoms with Gasteiger partial charge in [0.2, 0.25) is 0 Å². The number of hydrogen-bond donors (Lipinski definition) is 2.